The van der Waals surface area contributed by atoms with Crippen molar-refractivity contribution < 1.29 is 4.79 Å². The SMILES string of the molecule is Cc1ccc(C(=O)NCCc2nnc(SCc3cccc(Cl)c3)n2C)s1. The molecule has 0 spiro atoms. The Morgan fingerprint density at radius 2 is 2.15 bits per heavy atom. The van der Waals surface area contributed by atoms with Gasteiger partial charge in [0.15, 0.2) is 5.16 Å². The van der Waals surface area contributed by atoms with Gasteiger partial charge < -0.3 is 9.88 Å². The van der Waals surface area contributed by atoms with Crippen molar-refractivity contribution in [2.75, 3.05) is 6.54 Å². The number of nitrogens with one attached hydrogen (secondary N) is 1. The maximum Gasteiger partial charge on any atom is 0.261 e. The zero-order valence-corrected chi connectivity index (χ0v) is 16.9. The Hall–Kier alpha value is -1.83. The molecule has 3 aromatic rings. The second kappa shape index (κ2) is 8.70. The number of thiophene rings is 1. The van der Waals surface area contributed by atoms with Gasteiger partial charge in [0.25, 0.3) is 5.91 Å². The van der Waals surface area contributed by atoms with E-state index in [1.807, 2.05) is 54.9 Å². The lowest BCUT2D eigenvalue weighted by Gasteiger charge is -2.05. The van der Waals surface area contributed by atoms with Gasteiger partial charge in [-0.1, -0.05) is 35.5 Å². The predicted molar refractivity (Wildman–Crippen MR) is 107 cm³/mol. The molecule has 0 aliphatic rings. The van der Waals surface area contributed by atoms with E-state index >= 15 is 0 Å². The smallest absolute Gasteiger partial charge is 0.261 e. The number of carbonyl (C=O) groups excluding carboxylic acids is 1. The van der Waals surface area contributed by atoms with E-state index in [1.54, 1.807) is 11.8 Å². The van der Waals surface area contributed by atoms with Crippen LogP contribution in [0, 0.1) is 6.92 Å². The summed E-state index contributed by atoms with van der Waals surface area (Å²) in [5.74, 6) is 1.59. The number of aryl methyl sites for hydroxylation is 1. The standard InChI is InChI=1S/C18H19ClN4OS2/c1-12-6-7-15(26-12)17(24)20-9-8-16-21-22-18(23(16)2)25-11-13-4-3-5-14(19)10-13/h3-7,10H,8-9,11H2,1-2H3,(H,20,24). The Bertz CT molecular complexity index is 906. The number of thioether (sulfide) groups is 1. The maximum absolute atomic E-state index is 12.1. The molecule has 2 aromatic heterocycles. The van der Waals surface area contributed by atoms with E-state index in [0.717, 1.165) is 37.1 Å². The second-order valence-corrected chi connectivity index (χ2v) is 8.46. The van der Waals surface area contributed by atoms with Crippen molar-refractivity contribution >= 4 is 40.6 Å². The third kappa shape index (κ3) is 4.87. The molecule has 8 heteroatoms. The van der Waals surface area contributed by atoms with Crippen molar-refractivity contribution in [3.63, 3.8) is 0 Å². The molecule has 0 aliphatic heterocycles. The minimum absolute atomic E-state index is 0.0409. The monoisotopic (exact) mass is 406 g/mol. The van der Waals surface area contributed by atoms with Crippen molar-refractivity contribution in [2.45, 2.75) is 24.3 Å². The van der Waals surface area contributed by atoms with E-state index in [1.165, 1.54) is 11.3 Å². The fourth-order valence-corrected chi connectivity index (χ4v) is 4.26. The van der Waals surface area contributed by atoms with Crippen LogP contribution in [0.5, 0.6) is 0 Å². The molecule has 0 saturated heterocycles. The van der Waals surface area contributed by atoms with E-state index in [0.29, 0.717) is 13.0 Å². The molecule has 0 fully saturated rings. The van der Waals surface area contributed by atoms with Gasteiger partial charge in [-0.25, -0.2) is 0 Å². The molecule has 1 amide bonds. The quantitative estimate of drug-likeness (QED) is 0.600. The predicted octanol–water partition coefficient (Wildman–Crippen LogP) is 4.10. The highest BCUT2D eigenvalue weighted by Crippen LogP contribution is 2.22. The summed E-state index contributed by atoms with van der Waals surface area (Å²) >= 11 is 9.13. The molecule has 0 aliphatic carbocycles. The third-order valence-corrected chi connectivity index (χ3v) is 6.11. The van der Waals surface area contributed by atoms with Gasteiger partial charge in [-0.15, -0.1) is 21.5 Å². The number of aromatic nitrogens is 3. The van der Waals surface area contributed by atoms with Crippen LogP contribution in [0.25, 0.3) is 0 Å². The second-order valence-electron chi connectivity index (χ2n) is 5.79. The molecular formula is C18H19ClN4OS2. The molecule has 0 unspecified atom stereocenters. The first kappa shape index (κ1) is 18.9. The van der Waals surface area contributed by atoms with Crippen LogP contribution in [0.1, 0.15) is 25.9 Å². The number of nitrogens with zero attached hydrogens (tertiary/aromatic N) is 3. The molecule has 1 aromatic carbocycles. The Morgan fingerprint density at radius 1 is 1.31 bits per heavy atom. The molecule has 136 valence electrons. The maximum atomic E-state index is 12.1. The average molecular weight is 407 g/mol. The molecule has 26 heavy (non-hydrogen) atoms. The fourth-order valence-electron chi connectivity index (χ4n) is 2.39. The number of hydrogen-bond donors (Lipinski definition) is 1. The summed E-state index contributed by atoms with van der Waals surface area (Å²) in [7, 11) is 1.94. The summed E-state index contributed by atoms with van der Waals surface area (Å²) < 4.78 is 1.97. The molecule has 0 atom stereocenters. The fraction of sp³-hybridized carbons (Fsp3) is 0.278. The molecule has 5 nitrogen and oxygen atoms in total. The minimum Gasteiger partial charge on any atom is -0.351 e. The highest BCUT2D eigenvalue weighted by atomic mass is 35.5. The number of carbonyl (C=O) groups is 1. The summed E-state index contributed by atoms with van der Waals surface area (Å²) in [6.07, 6.45) is 0.636. The van der Waals surface area contributed by atoms with Crippen LogP contribution in [0.4, 0.5) is 0 Å². The first-order valence-corrected chi connectivity index (χ1v) is 10.3. The topological polar surface area (TPSA) is 59.8 Å². The summed E-state index contributed by atoms with van der Waals surface area (Å²) in [6, 6.07) is 11.6. The van der Waals surface area contributed by atoms with Gasteiger partial charge in [0.1, 0.15) is 5.82 Å². The number of benzene rings is 1. The molecular weight excluding hydrogens is 388 g/mol. The van der Waals surface area contributed by atoms with Crippen molar-refractivity contribution in [3.05, 3.63) is 62.6 Å². The first-order chi connectivity index (χ1) is 12.5. The molecule has 0 radical (unpaired) electrons. The van der Waals surface area contributed by atoms with E-state index in [-0.39, 0.29) is 5.91 Å². The molecule has 2 heterocycles. The largest absolute Gasteiger partial charge is 0.351 e. The van der Waals surface area contributed by atoms with Gasteiger partial charge in [0.2, 0.25) is 0 Å². The number of hydrogen-bond acceptors (Lipinski definition) is 5. The first-order valence-electron chi connectivity index (χ1n) is 8.13. The van der Waals surface area contributed by atoms with E-state index in [2.05, 4.69) is 15.5 Å². The number of amides is 1. The summed E-state index contributed by atoms with van der Waals surface area (Å²) in [5.41, 5.74) is 1.14. The van der Waals surface area contributed by atoms with Crippen molar-refractivity contribution in [1.82, 2.24) is 20.1 Å². The van der Waals surface area contributed by atoms with Crippen LogP contribution in [-0.4, -0.2) is 27.2 Å². The van der Waals surface area contributed by atoms with Crippen LogP contribution in [0.15, 0.2) is 41.6 Å². The van der Waals surface area contributed by atoms with Gasteiger partial charge in [-0.3, -0.25) is 4.79 Å². The van der Waals surface area contributed by atoms with Crippen LogP contribution in [0.3, 0.4) is 0 Å². The zero-order valence-electron chi connectivity index (χ0n) is 14.5. The Balaban J connectivity index is 1.51. The lowest BCUT2D eigenvalue weighted by molar-refractivity contribution is 0.0958. The lowest BCUT2D eigenvalue weighted by atomic mass is 10.2. The zero-order chi connectivity index (χ0) is 18.5. The van der Waals surface area contributed by atoms with E-state index in [9.17, 15) is 4.79 Å². The van der Waals surface area contributed by atoms with Gasteiger partial charge >= 0.3 is 0 Å². The highest BCUT2D eigenvalue weighted by Gasteiger charge is 2.11. The van der Waals surface area contributed by atoms with E-state index in [4.69, 9.17) is 11.6 Å². The third-order valence-electron chi connectivity index (χ3n) is 3.78. The average Bonchev–Trinajstić information content (AvgIpc) is 3.20. The van der Waals surface area contributed by atoms with Crippen LogP contribution >= 0.6 is 34.7 Å². The summed E-state index contributed by atoms with van der Waals surface area (Å²) in [6.45, 7) is 2.52. The molecule has 1 N–H and O–H groups in total. The molecule has 0 bridgehead atoms. The van der Waals surface area contributed by atoms with E-state index < -0.39 is 0 Å². The number of halogens is 1. The Morgan fingerprint density at radius 3 is 2.88 bits per heavy atom. The summed E-state index contributed by atoms with van der Waals surface area (Å²) in [4.78, 5) is 13.9. The highest BCUT2D eigenvalue weighted by molar-refractivity contribution is 7.98. The normalized spacial score (nSPS) is 10.9. The van der Waals surface area contributed by atoms with Crippen LogP contribution in [0.2, 0.25) is 5.02 Å². The molecule has 0 saturated carbocycles. The number of rotatable bonds is 7. The van der Waals surface area contributed by atoms with Crippen molar-refractivity contribution in [3.8, 4) is 0 Å². The van der Waals surface area contributed by atoms with Crippen LogP contribution < -0.4 is 5.32 Å². The van der Waals surface area contributed by atoms with Crippen LogP contribution in [-0.2, 0) is 19.2 Å². The summed E-state index contributed by atoms with van der Waals surface area (Å²) in [5, 5.41) is 13.0. The van der Waals surface area contributed by atoms with Gasteiger partial charge in [0, 0.05) is 35.7 Å². The minimum atomic E-state index is -0.0409. The Kier molecular flexibility index (Phi) is 6.34. The lowest BCUT2D eigenvalue weighted by Crippen LogP contribution is -2.25. The van der Waals surface area contributed by atoms with Gasteiger partial charge in [0.05, 0.1) is 4.88 Å². The van der Waals surface area contributed by atoms with Gasteiger partial charge in [-0.05, 0) is 36.8 Å². The van der Waals surface area contributed by atoms with Gasteiger partial charge in [-0.2, -0.15) is 0 Å². The van der Waals surface area contributed by atoms with Crippen molar-refractivity contribution in [1.29, 1.82) is 0 Å². The Labute approximate surface area is 165 Å². The van der Waals surface area contributed by atoms with Crippen molar-refractivity contribution in [2.24, 2.45) is 7.05 Å². The molecule has 3 rings (SSSR count).